The molecule has 0 radical (unpaired) electrons. The highest BCUT2D eigenvalue weighted by Gasteiger charge is 2.09. The maximum atomic E-state index is 5.27. The van der Waals surface area contributed by atoms with E-state index in [2.05, 4.69) is 10.4 Å². The molecule has 0 aliphatic carbocycles. The molecule has 1 fully saturated rings. The Labute approximate surface area is 89.8 Å². The molecule has 1 saturated heterocycles. The summed E-state index contributed by atoms with van der Waals surface area (Å²) in [5, 5.41) is 2.16. The van der Waals surface area contributed by atoms with Gasteiger partial charge in [-0.25, -0.2) is 5.01 Å². The SMILES string of the molecule is COc1ccc(NN2CCOCC2)cc1. The second-order valence-corrected chi connectivity index (χ2v) is 3.44. The van der Waals surface area contributed by atoms with Gasteiger partial charge in [0.25, 0.3) is 0 Å². The van der Waals surface area contributed by atoms with Crippen molar-refractivity contribution in [2.24, 2.45) is 0 Å². The molecule has 1 N–H and O–H groups in total. The van der Waals surface area contributed by atoms with E-state index in [1.807, 2.05) is 24.3 Å². The van der Waals surface area contributed by atoms with Crippen LogP contribution in [0.15, 0.2) is 24.3 Å². The molecule has 1 aromatic carbocycles. The van der Waals surface area contributed by atoms with Crippen LogP contribution in [0.4, 0.5) is 5.69 Å². The highest BCUT2D eigenvalue weighted by molar-refractivity contribution is 5.45. The Bertz CT molecular complexity index is 294. The molecule has 0 atom stereocenters. The number of anilines is 1. The molecule has 1 aromatic rings. The van der Waals surface area contributed by atoms with E-state index < -0.39 is 0 Å². The van der Waals surface area contributed by atoms with Crippen molar-refractivity contribution in [3.05, 3.63) is 24.3 Å². The molecule has 82 valence electrons. The Morgan fingerprint density at radius 1 is 1.20 bits per heavy atom. The standard InChI is InChI=1S/C11H16N2O2/c1-14-11-4-2-10(3-5-11)12-13-6-8-15-9-7-13/h2-5,12H,6-9H2,1H3. The number of benzene rings is 1. The van der Waals surface area contributed by atoms with Gasteiger partial charge >= 0.3 is 0 Å². The van der Waals surface area contributed by atoms with Crippen molar-refractivity contribution in [1.82, 2.24) is 5.01 Å². The lowest BCUT2D eigenvalue weighted by Gasteiger charge is -2.27. The van der Waals surface area contributed by atoms with E-state index in [1.54, 1.807) is 7.11 Å². The summed E-state index contributed by atoms with van der Waals surface area (Å²) in [6.45, 7) is 3.43. The average molecular weight is 208 g/mol. The summed E-state index contributed by atoms with van der Waals surface area (Å²) in [4.78, 5) is 0. The van der Waals surface area contributed by atoms with Gasteiger partial charge in [-0.1, -0.05) is 0 Å². The molecule has 0 saturated carbocycles. The number of ether oxygens (including phenoxy) is 2. The van der Waals surface area contributed by atoms with Crippen LogP contribution in [0.2, 0.25) is 0 Å². The van der Waals surface area contributed by atoms with Crippen LogP contribution in [0.25, 0.3) is 0 Å². The lowest BCUT2D eigenvalue weighted by atomic mass is 10.3. The zero-order valence-electron chi connectivity index (χ0n) is 8.90. The summed E-state index contributed by atoms with van der Waals surface area (Å²) in [6, 6.07) is 7.91. The summed E-state index contributed by atoms with van der Waals surface area (Å²) >= 11 is 0. The van der Waals surface area contributed by atoms with Crippen molar-refractivity contribution in [2.75, 3.05) is 38.8 Å². The minimum Gasteiger partial charge on any atom is -0.497 e. The molecule has 1 heterocycles. The number of methoxy groups -OCH3 is 1. The zero-order valence-corrected chi connectivity index (χ0v) is 8.90. The molecule has 0 bridgehead atoms. The molecule has 0 aromatic heterocycles. The van der Waals surface area contributed by atoms with Gasteiger partial charge < -0.3 is 14.9 Å². The third-order valence-electron chi connectivity index (χ3n) is 2.39. The van der Waals surface area contributed by atoms with Crippen LogP contribution >= 0.6 is 0 Å². The van der Waals surface area contributed by atoms with Gasteiger partial charge in [-0.15, -0.1) is 0 Å². The van der Waals surface area contributed by atoms with E-state index in [1.165, 1.54) is 0 Å². The topological polar surface area (TPSA) is 33.7 Å². The smallest absolute Gasteiger partial charge is 0.119 e. The number of hydrazine groups is 1. The lowest BCUT2D eigenvalue weighted by Crippen LogP contribution is -2.40. The van der Waals surface area contributed by atoms with Crippen LogP contribution in [-0.4, -0.2) is 38.4 Å². The van der Waals surface area contributed by atoms with Crippen LogP contribution in [0.1, 0.15) is 0 Å². The van der Waals surface area contributed by atoms with Gasteiger partial charge in [-0.2, -0.15) is 0 Å². The van der Waals surface area contributed by atoms with Crippen molar-refractivity contribution in [2.45, 2.75) is 0 Å². The van der Waals surface area contributed by atoms with Crippen LogP contribution in [0.5, 0.6) is 5.75 Å². The molecule has 1 aliphatic rings. The molecule has 0 unspecified atom stereocenters. The predicted molar refractivity (Wildman–Crippen MR) is 59.0 cm³/mol. The summed E-state index contributed by atoms with van der Waals surface area (Å²) in [5.41, 5.74) is 4.41. The van der Waals surface area contributed by atoms with E-state index in [4.69, 9.17) is 9.47 Å². The molecule has 1 aliphatic heterocycles. The van der Waals surface area contributed by atoms with Crippen molar-refractivity contribution in [3.8, 4) is 5.75 Å². The molecule has 0 spiro atoms. The van der Waals surface area contributed by atoms with Crippen molar-refractivity contribution < 1.29 is 9.47 Å². The summed E-state index contributed by atoms with van der Waals surface area (Å²) in [7, 11) is 1.67. The van der Waals surface area contributed by atoms with Gasteiger partial charge in [-0.05, 0) is 24.3 Å². The van der Waals surface area contributed by atoms with Crippen LogP contribution < -0.4 is 10.2 Å². The quantitative estimate of drug-likeness (QED) is 0.813. The summed E-state index contributed by atoms with van der Waals surface area (Å²) in [6.07, 6.45) is 0. The molecule has 0 amide bonds. The van der Waals surface area contributed by atoms with Crippen LogP contribution in [0.3, 0.4) is 0 Å². The zero-order chi connectivity index (χ0) is 10.5. The Balaban J connectivity index is 1.91. The Morgan fingerprint density at radius 2 is 1.87 bits per heavy atom. The fourth-order valence-electron chi connectivity index (χ4n) is 1.52. The normalized spacial score (nSPS) is 17.4. The van der Waals surface area contributed by atoms with Crippen molar-refractivity contribution >= 4 is 5.69 Å². The second kappa shape index (κ2) is 5.00. The van der Waals surface area contributed by atoms with Gasteiger partial charge in [0.1, 0.15) is 5.75 Å². The fourth-order valence-corrected chi connectivity index (χ4v) is 1.52. The van der Waals surface area contributed by atoms with Crippen molar-refractivity contribution in [1.29, 1.82) is 0 Å². The first kappa shape index (κ1) is 10.3. The van der Waals surface area contributed by atoms with Gasteiger partial charge in [-0.3, -0.25) is 0 Å². The van der Waals surface area contributed by atoms with Gasteiger partial charge in [0.15, 0.2) is 0 Å². The second-order valence-electron chi connectivity index (χ2n) is 3.44. The fraction of sp³-hybridized carbons (Fsp3) is 0.455. The Morgan fingerprint density at radius 3 is 2.47 bits per heavy atom. The maximum absolute atomic E-state index is 5.27. The summed E-state index contributed by atoms with van der Waals surface area (Å²) < 4.78 is 10.4. The number of morpholine rings is 1. The molecule has 15 heavy (non-hydrogen) atoms. The monoisotopic (exact) mass is 208 g/mol. The average Bonchev–Trinajstić information content (AvgIpc) is 2.31. The van der Waals surface area contributed by atoms with Gasteiger partial charge in [0.2, 0.25) is 0 Å². The van der Waals surface area contributed by atoms with E-state index >= 15 is 0 Å². The van der Waals surface area contributed by atoms with E-state index in [0.29, 0.717) is 0 Å². The largest absolute Gasteiger partial charge is 0.497 e. The lowest BCUT2D eigenvalue weighted by molar-refractivity contribution is 0.0497. The van der Waals surface area contributed by atoms with Crippen LogP contribution in [0, 0.1) is 0 Å². The van der Waals surface area contributed by atoms with Gasteiger partial charge in [0.05, 0.1) is 20.3 Å². The van der Waals surface area contributed by atoms with E-state index in [9.17, 15) is 0 Å². The summed E-state index contributed by atoms with van der Waals surface area (Å²) in [5.74, 6) is 0.877. The van der Waals surface area contributed by atoms with Crippen LogP contribution in [-0.2, 0) is 4.74 Å². The first-order valence-electron chi connectivity index (χ1n) is 5.12. The Hall–Kier alpha value is -1.26. The van der Waals surface area contributed by atoms with E-state index in [-0.39, 0.29) is 0 Å². The molecular weight excluding hydrogens is 192 g/mol. The molecular formula is C11H16N2O2. The number of rotatable bonds is 3. The minimum absolute atomic E-state index is 0.795. The maximum Gasteiger partial charge on any atom is 0.119 e. The van der Waals surface area contributed by atoms with Crippen molar-refractivity contribution in [3.63, 3.8) is 0 Å². The minimum atomic E-state index is 0.795. The number of hydrogen-bond donors (Lipinski definition) is 1. The highest BCUT2D eigenvalue weighted by atomic mass is 16.5. The van der Waals surface area contributed by atoms with Gasteiger partial charge in [0, 0.05) is 18.8 Å². The third-order valence-corrected chi connectivity index (χ3v) is 2.39. The number of nitrogens with one attached hydrogen (secondary N) is 1. The van der Waals surface area contributed by atoms with E-state index in [0.717, 1.165) is 37.7 Å². The number of hydrogen-bond acceptors (Lipinski definition) is 4. The molecule has 2 rings (SSSR count). The Kier molecular flexibility index (Phi) is 3.42. The molecule has 4 heteroatoms. The first-order valence-corrected chi connectivity index (χ1v) is 5.12. The highest BCUT2D eigenvalue weighted by Crippen LogP contribution is 2.15. The number of nitrogens with zero attached hydrogens (tertiary/aromatic N) is 1. The third kappa shape index (κ3) is 2.84. The molecule has 4 nitrogen and oxygen atoms in total. The first-order chi connectivity index (χ1) is 7.38. The predicted octanol–water partition coefficient (Wildman–Crippen LogP) is 1.35.